The number of rotatable bonds is 4. The topological polar surface area (TPSA) is 78.0 Å². The number of likely N-dealkylation sites (tertiary alicyclic amines) is 1. The standard InChI is InChI=1S/C18H19F6N3O4S/c19-17(20,21)11-26-10-12(8-15(26)28)16(29)25-4-6-27(7-5-25)32(30,31)14-3-1-2-13(9-14)18(22,23)24/h1-3,9,12H,4-8,10-11H2. The van der Waals surface area contributed by atoms with E-state index in [0.29, 0.717) is 11.0 Å². The highest BCUT2D eigenvalue weighted by atomic mass is 32.2. The lowest BCUT2D eigenvalue weighted by Crippen LogP contribution is -2.52. The molecule has 2 aliphatic heterocycles. The molecule has 1 aromatic carbocycles. The van der Waals surface area contributed by atoms with Gasteiger partial charge in [0.1, 0.15) is 6.54 Å². The fraction of sp³-hybridized carbons (Fsp3) is 0.556. The number of halogens is 6. The molecule has 0 aliphatic carbocycles. The Morgan fingerprint density at radius 2 is 1.66 bits per heavy atom. The van der Waals surface area contributed by atoms with Crippen molar-refractivity contribution in [2.75, 3.05) is 39.3 Å². The van der Waals surface area contributed by atoms with E-state index >= 15 is 0 Å². The zero-order valence-corrected chi connectivity index (χ0v) is 17.3. The second-order valence-corrected chi connectivity index (χ2v) is 9.48. The van der Waals surface area contributed by atoms with Crippen LogP contribution >= 0.6 is 0 Å². The third kappa shape index (κ3) is 5.34. The fourth-order valence-corrected chi connectivity index (χ4v) is 5.16. The molecule has 3 rings (SSSR count). The molecule has 1 aromatic rings. The average molecular weight is 487 g/mol. The number of sulfonamides is 1. The number of alkyl halides is 6. The fourth-order valence-electron chi connectivity index (χ4n) is 3.70. The van der Waals surface area contributed by atoms with Gasteiger partial charge in [0.25, 0.3) is 0 Å². The summed E-state index contributed by atoms with van der Waals surface area (Å²) in [7, 11) is -4.24. The van der Waals surface area contributed by atoms with Crippen molar-refractivity contribution in [1.82, 2.24) is 14.1 Å². The Balaban J connectivity index is 1.63. The van der Waals surface area contributed by atoms with Crippen LogP contribution in [0.3, 0.4) is 0 Å². The first-order valence-electron chi connectivity index (χ1n) is 9.49. The van der Waals surface area contributed by atoms with E-state index in [2.05, 4.69) is 0 Å². The van der Waals surface area contributed by atoms with E-state index in [-0.39, 0.29) is 39.1 Å². The van der Waals surface area contributed by atoms with Gasteiger partial charge in [0.05, 0.1) is 16.4 Å². The van der Waals surface area contributed by atoms with Gasteiger partial charge in [-0.15, -0.1) is 0 Å². The van der Waals surface area contributed by atoms with Crippen LogP contribution in [0.4, 0.5) is 26.3 Å². The molecule has 2 saturated heterocycles. The number of carbonyl (C=O) groups excluding carboxylic acids is 2. The van der Waals surface area contributed by atoms with Crippen molar-refractivity contribution in [3.05, 3.63) is 29.8 Å². The molecule has 0 bridgehead atoms. The average Bonchev–Trinajstić information content (AvgIpc) is 3.05. The van der Waals surface area contributed by atoms with Crippen LogP contribution in [0.2, 0.25) is 0 Å². The smallest absolute Gasteiger partial charge is 0.340 e. The SMILES string of the molecule is O=C1CC(C(=O)N2CCN(S(=O)(=O)c3cccc(C(F)(F)F)c3)CC2)CN1CC(F)(F)F. The zero-order valence-electron chi connectivity index (χ0n) is 16.5. The van der Waals surface area contributed by atoms with Crippen LogP contribution < -0.4 is 0 Å². The number of amides is 2. The largest absolute Gasteiger partial charge is 0.416 e. The van der Waals surface area contributed by atoms with E-state index < -0.39 is 57.1 Å². The van der Waals surface area contributed by atoms with Crippen LogP contribution in [0, 0.1) is 5.92 Å². The first kappa shape index (κ1) is 24.3. The second-order valence-electron chi connectivity index (χ2n) is 7.55. The molecular weight excluding hydrogens is 468 g/mol. The van der Waals surface area contributed by atoms with Gasteiger partial charge < -0.3 is 9.80 Å². The third-order valence-corrected chi connectivity index (χ3v) is 7.18. The molecule has 1 atom stereocenters. The number of benzene rings is 1. The van der Waals surface area contributed by atoms with Crippen molar-refractivity contribution in [3.63, 3.8) is 0 Å². The number of hydrogen-bond acceptors (Lipinski definition) is 4. The summed E-state index contributed by atoms with van der Waals surface area (Å²) in [5.74, 6) is -2.30. The lowest BCUT2D eigenvalue weighted by atomic mass is 10.1. The van der Waals surface area contributed by atoms with Crippen molar-refractivity contribution in [2.45, 2.75) is 23.7 Å². The van der Waals surface area contributed by atoms with Crippen LogP contribution in [-0.2, 0) is 25.8 Å². The van der Waals surface area contributed by atoms with Crippen LogP contribution in [0.25, 0.3) is 0 Å². The first-order valence-corrected chi connectivity index (χ1v) is 10.9. The summed E-state index contributed by atoms with van der Waals surface area (Å²) in [6.07, 6.45) is -9.66. The maximum Gasteiger partial charge on any atom is 0.416 e. The quantitative estimate of drug-likeness (QED) is 0.609. The molecule has 2 amide bonds. The maximum atomic E-state index is 12.9. The molecule has 14 heteroatoms. The van der Waals surface area contributed by atoms with Crippen LogP contribution in [-0.4, -0.2) is 79.8 Å². The summed E-state index contributed by atoms with van der Waals surface area (Å²) in [6, 6.07) is 3.31. The Labute approximate surface area is 179 Å². The van der Waals surface area contributed by atoms with Crippen molar-refractivity contribution in [1.29, 1.82) is 0 Å². The van der Waals surface area contributed by atoms with E-state index in [1.807, 2.05) is 0 Å². The molecule has 1 unspecified atom stereocenters. The molecule has 0 aromatic heterocycles. The van der Waals surface area contributed by atoms with Gasteiger partial charge in [0, 0.05) is 39.1 Å². The molecule has 0 spiro atoms. The normalized spacial score (nSPS) is 21.3. The lowest BCUT2D eigenvalue weighted by Gasteiger charge is -2.35. The minimum absolute atomic E-state index is 0.0962. The highest BCUT2D eigenvalue weighted by Crippen LogP contribution is 2.31. The Kier molecular flexibility index (Phi) is 6.48. The summed E-state index contributed by atoms with van der Waals surface area (Å²) in [4.78, 5) is 25.7. The highest BCUT2D eigenvalue weighted by molar-refractivity contribution is 7.89. The summed E-state index contributed by atoms with van der Waals surface area (Å²) >= 11 is 0. The van der Waals surface area contributed by atoms with Gasteiger partial charge in [-0.3, -0.25) is 9.59 Å². The van der Waals surface area contributed by atoms with Crippen LogP contribution in [0.1, 0.15) is 12.0 Å². The zero-order chi connectivity index (χ0) is 23.9. The summed E-state index contributed by atoms with van der Waals surface area (Å²) < 4.78 is 103. The van der Waals surface area contributed by atoms with Crippen LogP contribution in [0.5, 0.6) is 0 Å². The van der Waals surface area contributed by atoms with Crippen molar-refractivity contribution >= 4 is 21.8 Å². The number of piperazine rings is 1. The van der Waals surface area contributed by atoms with Gasteiger partial charge in [-0.25, -0.2) is 8.42 Å². The number of nitrogens with zero attached hydrogens (tertiary/aromatic N) is 3. The van der Waals surface area contributed by atoms with E-state index in [9.17, 15) is 44.3 Å². The molecular formula is C18H19F6N3O4S. The minimum Gasteiger partial charge on any atom is -0.340 e. The van der Waals surface area contributed by atoms with Crippen LogP contribution in [0.15, 0.2) is 29.2 Å². The Bertz CT molecular complexity index is 987. The van der Waals surface area contributed by atoms with Gasteiger partial charge in [0.2, 0.25) is 21.8 Å². The van der Waals surface area contributed by atoms with E-state index in [0.717, 1.165) is 22.5 Å². The van der Waals surface area contributed by atoms with Gasteiger partial charge in [0.15, 0.2) is 0 Å². The number of hydrogen-bond donors (Lipinski definition) is 0. The molecule has 0 saturated carbocycles. The first-order chi connectivity index (χ1) is 14.7. The van der Waals surface area contributed by atoms with Crippen molar-refractivity contribution in [2.24, 2.45) is 5.92 Å². The van der Waals surface area contributed by atoms with Crippen molar-refractivity contribution < 1.29 is 44.3 Å². The molecule has 2 aliphatic rings. The van der Waals surface area contributed by atoms with E-state index in [1.165, 1.54) is 4.90 Å². The van der Waals surface area contributed by atoms with E-state index in [1.54, 1.807) is 0 Å². The van der Waals surface area contributed by atoms with Gasteiger partial charge in [-0.2, -0.15) is 30.6 Å². The Morgan fingerprint density at radius 1 is 1.03 bits per heavy atom. The van der Waals surface area contributed by atoms with Gasteiger partial charge >= 0.3 is 12.4 Å². The second kappa shape index (κ2) is 8.54. The van der Waals surface area contributed by atoms with Gasteiger partial charge in [-0.1, -0.05) is 6.07 Å². The van der Waals surface area contributed by atoms with E-state index in [4.69, 9.17) is 0 Å². The molecule has 0 radical (unpaired) electrons. The molecule has 32 heavy (non-hydrogen) atoms. The monoisotopic (exact) mass is 487 g/mol. The predicted octanol–water partition coefficient (Wildman–Crippen LogP) is 1.95. The summed E-state index contributed by atoms with van der Waals surface area (Å²) in [5.41, 5.74) is -1.11. The molecule has 178 valence electrons. The van der Waals surface area contributed by atoms with Gasteiger partial charge in [-0.05, 0) is 18.2 Å². The molecule has 0 N–H and O–H groups in total. The third-order valence-electron chi connectivity index (χ3n) is 5.28. The Morgan fingerprint density at radius 3 is 2.22 bits per heavy atom. The summed E-state index contributed by atoms with van der Waals surface area (Å²) in [6.45, 7) is -2.41. The lowest BCUT2D eigenvalue weighted by molar-refractivity contribution is -0.157. The molecule has 7 nitrogen and oxygen atoms in total. The summed E-state index contributed by atoms with van der Waals surface area (Å²) in [5, 5.41) is 0. The van der Waals surface area contributed by atoms with Crippen molar-refractivity contribution in [3.8, 4) is 0 Å². The Hall–Kier alpha value is -2.35. The molecule has 2 fully saturated rings. The predicted molar refractivity (Wildman–Crippen MR) is 97.5 cm³/mol. The number of carbonyl (C=O) groups is 2. The maximum absolute atomic E-state index is 12.9. The highest BCUT2D eigenvalue weighted by Gasteiger charge is 2.42. The molecule has 2 heterocycles. The minimum atomic E-state index is -4.71.